The zero-order valence-corrected chi connectivity index (χ0v) is 21.8. The van der Waals surface area contributed by atoms with Gasteiger partial charge in [0.15, 0.2) is 6.04 Å². The van der Waals surface area contributed by atoms with E-state index >= 15 is 0 Å². The monoisotopic (exact) mass is 519 g/mol. The smallest absolute Gasteiger partial charge is 0.320 e. The number of para-hydroxylation sites is 3. The molecule has 2 heterocycles. The quantitative estimate of drug-likeness (QED) is 0.547. The number of nitrogens with zero attached hydrogens (tertiary/aromatic N) is 3. The topological polar surface area (TPSA) is 94.2 Å². The molecule has 1 saturated heterocycles. The Morgan fingerprint density at radius 2 is 1.45 bits per heavy atom. The van der Waals surface area contributed by atoms with Crippen LogP contribution in [0.25, 0.3) is 0 Å². The lowest BCUT2D eigenvalue weighted by molar-refractivity contribution is -0.129. The van der Waals surface area contributed by atoms with Crippen molar-refractivity contribution in [3.05, 3.63) is 54.6 Å². The molecule has 1 saturated carbocycles. The predicted octanol–water partition coefficient (Wildman–Crippen LogP) is 3.47. The van der Waals surface area contributed by atoms with E-state index in [1.807, 2.05) is 42.5 Å². The SMILES string of the molecule is O=C(Nc1ccccc1)NC1C(=O)N(CCN2CCOCC2)c2ccccc2N(CC2CCCCC2)C1=O. The minimum Gasteiger partial charge on any atom is -0.379 e. The minimum atomic E-state index is -1.32. The maximum absolute atomic E-state index is 14.0. The van der Waals surface area contributed by atoms with Gasteiger partial charge in [0.1, 0.15) is 0 Å². The standard InChI is InChI=1S/C29H37N5O4/c35-27-26(31-29(37)30-23-11-5-2-6-12-23)28(36)34(21-22-9-3-1-4-10-22)25-14-8-7-13-24(25)33(27)16-15-32-17-19-38-20-18-32/h2,5-8,11-14,22,26H,1,3-4,9-10,15-21H2,(H2,30,31,37). The van der Waals surface area contributed by atoms with Crippen molar-refractivity contribution in [2.75, 3.05) is 61.1 Å². The van der Waals surface area contributed by atoms with Gasteiger partial charge in [0.25, 0.3) is 11.8 Å². The summed E-state index contributed by atoms with van der Waals surface area (Å²) in [6.45, 7) is 4.56. The summed E-state index contributed by atoms with van der Waals surface area (Å²) < 4.78 is 5.47. The number of morpholine rings is 1. The number of carbonyl (C=O) groups excluding carboxylic acids is 3. The number of ether oxygens (including phenoxy) is 1. The van der Waals surface area contributed by atoms with Crippen LogP contribution in [0.3, 0.4) is 0 Å². The molecule has 5 rings (SSSR count). The lowest BCUT2D eigenvalue weighted by atomic mass is 9.88. The third kappa shape index (κ3) is 6.16. The Bertz CT molecular complexity index is 1110. The number of amides is 4. The second kappa shape index (κ2) is 12.4. The third-order valence-corrected chi connectivity index (χ3v) is 7.71. The molecule has 1 unspecified atom stereocenters. The van der Waals surface area contributed by atoms with Crippen molar-refractivity contribution < 1.29 is 19.1 Å². The number of anilines is 3. The average Bonchev–Trinajstić information content (AvgIpc) is 3.03. The molecule has 0 bridgehead atoms. The molecule has 0 aromatic heterocycles. The first-order chi connectivity index (χ1) is 18.6. The maximum Gasteiger partial charge on any atom is 0.320 e. The Labute approximate surface area is 224 Å². The molecule has 4 amide bonds. The summed E-state index contributed by atoms with van der Waals surface area (Å²) in [5.74, 6) is -0.426. The van der Waals surface area contributed by atoms with Gasteiger partial charge in [-0.1, -0.05) is 49.6 Å². The van der Waals surface area contributed by atoms with Crippen LogP contribution in [0.1, 0.15) is 32.1 Å². The van der Waals surface area contributed by atoms with Crippen LogP contribution in [0.5, 0.6) is 0 Å². The largest absolute Gasteiger partial charge is 0.379 e. The number of rotatable bonds is 7. The molecular weight excluding hydrogens is 482 g/mol. The fourth-order valence-electron chi connectivity index (χ4n) is 5.63. The van der Waals surface area contributed by atoms with Gasteiger partial charge in [0.05, 0.1) is 24.6 Å². The van der Waals surface area contributed by atoms with Crippen molar-refractivity contribution in [3.63, 3.8) is 0 Å². The van der Waals surface area contributed by atoms with Crippen molar-refractivity contribution in [1.29, 1.82) is 0 Å². The van der Waals surface area contributed by atoms with Crippen LogP contribution < -0.4 is 20.4 Å². The van der Waals surface area contributed by atoms with Crippen LogP contribution >= 0.6 is 0 Å². The molecule has 2 aromatic rings. The highest BCUT2D eigenvalue weighted by Crippen LogP contribution is 2.35. The number of urea groups is 1. The first kappa shape index (κ1) is 26.2. The van der Waals surface area contributed by atoms with Gasteiger partial charge in [-0.2, -0.15) is 0 Å². The van der Waals surface area contributed by atoms with E-state index in [4.69, 9.17) is 4.74 Å². The zero-order chi connectivity index (χ0) is 26.3. The Morgan fingerprint density at radius 1 is 0.816 bits per heavy atom. The zero-order valence-electron chi connectivity index (χ0n) is 21.8. The fourth-order valence-corrected chi connectivity index (χ4v) is 5.63. The van der Waals surface area contributed by atoms with Crippen LogP contribution in [0, 0.1) is 5.92 Å². The van der Waals surface area contributed by atoms with Gasteiger partial charge in [-0.25, -0.2) is 4.79 Å². The summed E-state index contributed by atoms with van der Waals surface area (Å²) in [7, 11) is 0. The predicted molar refractivity (Wildman–Crippen MR) is 147 cm³/mol. The second-order valence-electron chi connectivity index (χ2n) is 10.3. The van der Waals surface area contributed by atoms with E-state index in [0.29, 0.717) is 50.1 Å². The molecule has 2 fully saturated rings. The Hall–Kier alpha value is -3.43. The fraction of sp³-hybridized carbons (Fsp3) is 0.483. The van der Waals surface area contributed by atoms with E-state index in [1.165, 1.54) is 6.42 Å². The molecule has 38 heavy (non-hydrogen) atoms. The molecule has 0 spiro atoms. The molecule has 202 valence electrons. The van der Waals surface area contributed by atoms with Crippen LogP contribution in [-0.2, 0) is 14.3 Å². The molecule has 0 radical (unpaired) electrons. The van der Waals surface area contributed by atoms with Gasteiger partial charge in [-0.15, -0.1) is 0 Å². The number of carbonyl (C=O) groups is 3. The van der Waals surface area contributed by atoms with Gasteiger partial charge in [0.2, 0.25) is 0 Å². The maximum atomic E-state index is 14.0. The molecule has 1 aliphatic carbocycles. The number of hydrogen-bond donors (Lipinski definition) is 2. The van der Waals surface area contributed by atoms with Gasteiger partial charge in [-0.3, -0.25) is 14.5 Å². The summed E-state index contributed by atoms with van der Waals surface area (Å²) in [5, 5.41) is 5.46. The molecule has 1 atom stereocenters. The highest BCUT2D eigenvalue weighted by Gasteiger charge is 2.42. The molecule has 9 heteroatoms. The van der Waals surface area contributed by atoms with E-state index < -0.39 is 18.0 Å². The number of hydrogen-bond acceptors (Lipinski definition) is 5. The van der Waals surface area contributed by atoms with Crippen molar-refractivity contribution in [2.45, 2.75) is 38.1 Å². The summed E-state index contributed by atoms with van der Waals surface area (Å²) in [6.07, 6.45) is 5.65. The lowest BCUT2D eigenvalue weighted by Crippen LogP contribution is -2.57. The second-order valence-corrected chi connectivity index (χ2v) is 10.3. The molecule has 9 nitrogen and oxygen atoms in total. The van der Waals surface area contributed by atoms with E-state index in [-0.39, 0.29) is 5.91 Å². The van der Waals surface area contributed by atoms with E-state index in [0.717, 1.165) is 44.5 Å². The lowest BCUT2D eigenvalue weighted by Gasteiger charge is -2.31. The third-order valence-electron chi connectivity index (χ3n) is 7.71. The van der Waals surface area contributed by atoms with Crippen molar-refractivity contribution in [1.82, 2.24) is 10.2 Å². The summed E-state index contributed by atoms with van der Waals surface area (Å²) in [4.78, 5) is 46.7. The van der Waals surface area contributed by atoms with Gasteiger partial charge in [-0.05, 0) is 43.0 Å². The number of benzene rings is 2. The van der Waals surface area contributed by atoms with E-state index in [1.54, 1.807) is 21.9 Å². The first-order valence-electron chi connectivity index (χ1n) is 13.7. The molecule has 2 aromatic carbocycles. The summed E-state index contributed by atoms with van der Waals surface area (Å²) in [6, 6.07) is 14.7. The Balaban J connectivity index is 1.43. The van der Waals surface area contributed by atoms with Crippen LogP contribution in [-0.4, -0.2) is 74.7 Å². The molecular formula is C29H37N5O4. The number of nitrogens with one attached hydrogen (secondary N) is 2. The Morgan fingerprint density at radius 3 is 2.16 bits per heavy atom. The minimum absolute atomic E-state index is 0.370. The van der Waals surface area contributed by atoms with Gasteiger partial charge < -0.3 is 25.2 Å². The van der Waals surface area contributed by atoms with Crippen LogP contribution in [0.15, 0.2) is 54.6 Å². The average molecular weight is 520 g/mol. The summed E-state index contributed by atoms with van der Waals surface area (Å²) in [5.41, 5.74) is 2.03. The number of fused-ring (bicyclic) bond motifs is 1. The van der Waals surface area contributed by atoms with E-state index in [9.17, 15) is 14.4 Å². The van der Waals surface area contributed by atoms with Gasteiger partial charge in [0, 0.05) is 38.4 Å². The summed E-state index contributed by atoms with van der Waals surface area (Å²) >= 11 is 0. The highest BCUT2D eigenvalue weighted by atomic mass is 16.5. The van der Waals surface area contributed by atoms with Gasteiger partial charge >= 0.3 is 6.03 Å². The normalized spacial score (nSPS) is 21.1. The molecule has 3 aliphatic rings. The van der Waals surface area contributed by atoms with E-state index in [2.05, 4.69) is 15.5 Å². The van der Waals surface area contributed by atoms with Crippen molar-refractivity contribution in [3.8, 4) is 0 Å². The van der Waals surface area contributed by atoms with Crippen molar-refractivity contribution in [2.24, 2.45) is 5.92 Å². The Kier molecular flexibility index (Phi) is 8.55. The van der Waals surface area contributed by atoms with Crippen LogP contribution in [0.4, 0.5) is 21.9 Å². The van der Waals surface area contributed by atoms with Crippen molar-refractivity contribution >= 4 is 34.9 Å². The van der Waals surface area contributed by atoms with Crippen LogP contribution in [0.2, 0.25) is 0 Å². The molecule has 2 N–H and O–H groups in total. The molecule has 2 aliphatic heterocycles. The first-order valence-corrected chi connectivity index (χ1v) is 13.7. The highest BCUT2D eigenvalue weighted by molar-refractivity contribution is 6.21.